The highest BCUT2D eigenvalue weighted by Gasteiger charge is 2.25. The van der Waals surface area contributed by atoms with Gasteiger partial charge in [-0.3, -0.25) is 0 Å². The first kappa shape index (κ1) is 14.3. The van der Waals surface area contributed by atoms with Crippen molar-refractivity contribution in [2.75, 3.05) is 6.61 Å². The van der Waals surface area contributed by atoms with Crippen molar-refractivity contribution in [3.05, 3.63) is 71.0 Å². The topological polar surface area (TPSA) is 41.8 Å². The maximum Gasteiger partial charge on any atom is 0.219 e. The SMILES string of the molecule is C#CC(O)c1cccc(C2=NC(c3ccccc3)CO2)c1F. The molecular formula is C18H14FNO2. The van der Waals surface area contributed by atoms with E-state index in [1.54, 1.807) is 12.1 Å². The molecule has 0 aliphatic carbocycles. The molecule has 0 saturated heterocycles. The number of benzene rings is 2. The molecule has 0 saturated carbocycles. The van der Waals surface area contributed by atoms with E-state index in [9.17, 15) is 9.50 Å². The Balaban J connectivity index is 1.94. The molecule has 0 amide bonds. The van der Waals surface area contributed by atoms with E-state index in [0.29, 0.717) is 6.61 Å². The van der Waals surface area contributed by atoms with Gasteiger partial charge in [-0.25, -0.2) is 9.38 Å². The molecule has 1 aliphatic rings. The Morgan fingerprint density at radius 2 is 2.00 bits per heavy atom. The van der Waals surface area contributed by atoms with E-state index >= 15 is 0 Å². The van der Waals surface area contributed by atoms with Crippen LogP contribution in [0.25, 0.3) is 0 Å². The van der Waals surface area contributed by atoms with Crippen LogP contribution in [0.2, 0.25) is 0 Å². The molecule has 0 spiro atoms. The van der Waals surface area contributed by atoms with Gasteiger partial charge in [0.2, 0.25) is 5.90 Å². The van der Waals surface area contributed by atoms with Crippen molar-refractivity contribution in [2.24, 2.45) is 4.99 Å². The molecule has 3 nitrogen and oxygen atoms in total. The number of halogens is 1. The van der Waals surface area contributed by atoms with Crippen LogP contribution in [0.15, 0.2) is 53.5 Å². The summed E-state index contributed by atoms with van der Waals surface area (Å²) in [6.07, 6.45) is 3.86. The van der Waals surface area contributed by atoms with Crippen LogP contribution in [0.4, 0.5) is 4.39 Å². The fourth-order valence-corrected chi connectivity index (χ4v) is 2.38. The van der Waals surface area contributed by atoms with Gasteiger partial charge < -0.3 is 9.84 Å². The van der Waals surface area contributed by atoms with Crippen LogP contribution in [0, 0.1) is 18.2 Å². The summed E-state index contributed by atoms with van der Waals surface area (Å²) in [5, 5.41) is 9.65. The normalized spacial score (nSPS) is 18.2. The number of aliphatic hydroxyl groups is 1. The Bertz CT molecular complexity index is 749. The minimum Gasteiger partial charge on any atom is -0.475 e. The van der Waals surface area contributed by atoms with Crippen molar-refractivity contribution in [2.45, 2.75) is 12.1 Å². The lowest BCUT2D eigenvalue weighted by Crippen LogP contribution is -2.08. The van der Waals surface area contributed by atoms with Crippen molar-refractivity contribution >= 4 is 5.90 Å². The van der Waals surface area contributed by atoms with Crippen LogP contribution in [0.1, 0.15) is 28.8 Å². The van der Waals surface area contributed by atoms with E-state index in [0.717, 1.165) is 5.56 Å². The second-order valence-corrected chi connectivity index (χ2v) is 4.95. The minimum absolute atomic E-state index is 0.0504. The summed E-state index contributed by atoms with van der Waals surface area (Å²) >= 11 is 0. The third kappa shape index (κ3) is 2.59. The average molecular weight is 295 g/mol. The lowest BCUT2D eigenvalue weighted by Gasteiger charge is -2.09. The van der Waals surface area contributed by atoms with Gasteiger partial charge in [-0.1, -0.05) is 48.4 Å². The Hall–Kier alpha value is -2.64. The lowest BCUT2D eigenvalue weighted by molar-refractivity contribution is 0.232. The molecule has 1 heterocycles. The first-order valence-electron chi connectivity index (χ1n) is 6.89. The molecule has 0 fully saturated rings. The van der Waals surface area contributed by atoms with Gasteiger partial charge >= 0.3 is 0 Å². The Kier molecular flexibility index (Phi) is 3.90. The lowest BCUT2D eigenvalue weighted by atomic mass is 10.0. The number of nitrogens with zero attached hydrogens (tertiary/aromatic N) is 1. The number of ether oxygens (including phenoxy) is 1. The van der Waals surface area contributed by atoms with Crippen LogP contribution in [0.5, 0.6) is 0 Å². The zero-order valence-corrected chi connectivity index (χ0v) is 11.7. The minimum atomic E-state index is -1.29. The molecule has 2 aromatic carbocycles. The fourth-order valence-electron chi connectivity index (χ4n) is 2.38. The van der Waals surface area contributed by atoms with E-state index in [-0.39, 0.29) is 23.1 Å². The number of hydrogen-bond acceptors (Lipinski definition) is 3. The standard InChI is InChI=1S/C18H14FNO2/c1-2-16(21)13-9-6-10-14(17(13)19)18-20-15(11-22-18)12-7-4-3-5-8-12/h1,3-10,15-16,21H,11H2. The summed E-state index contributed by atoms with van der Waals surface area (Å²) in [5.41, 5.74) is 1.28. The van der Waals surface area contributed by atoms with Crippen LogP contribution < -0.4 is 0 Å². The van der Waals surface area contributed by atoms with Gasteiger partial charge in [-0.2, -0.15) is 0 Å². The van der Waals surface area contributed by atoms with Crippen LogP contribution in [-0.4, -0.2) is 17.6 Å². The summed E-state index contributed by atoms with van der Waals surface area (Å²) in [6.45, 7) is 0.362. The van der Waals surface area contributed by atoms with Gasteiger partial charge in [0.25, 0.3) is 0 Å². The smallest absolute Gasteiger partial charge is 0.219 e. The van der Waals surface area contributed by atoms with E-state index in [4.69, 9.17) is 11.2 Å². The van der Waals surface area contributed by atoms with Crippen molar-refractivity contribution in [1.29, 1.82) is 0 Å². The van der Waals surface area contributed by atoms with Crippen molar-refractivity contribution in [3.8, 4) is 12.3 Å². The molecule has 1 aliphatic heterocycles. The largest absolute Gasteiger partial charge is 0.475 e. The predicted octanol–water partition coefficient (Wildman–Crippen LogP) is 3.01. The highest BCUT2D eigenvalue weighted by Crippen LogP contribution is 2.27. The molecule has 0 bridgehead atoms. The Morgan fingerprint density at radius 1 is 1.23 bits per heavy atom. The van der Waals surface area contributed by atoms with Gasteiger partial charge in [-0.05, 0) is 11.6 Å². The zero-order valence-electron chi connectivity index (χ0n) is 11.7. The second kappa shape index (κ2) is 6.00. The second-order valence-electron chi connectivity index (χ2n) is 4.95. The molecule has 2 aromatic rings. The van der Waals surface area contributed by atoms with Gasteiger partial charge in [0, 0.05) is 5.56 Å². The number of terminal acetylenes is 1. The maximum atomic E-state index is 14.5. The molecule has 22 heavy (non-hydrogen) atoms. The summed E-state index contributed by atoms with van der Waals surface area (Å²) in [6, 6.07) is 14.2. The number of rotatable bonds is 3. The summed E-state index contributed by atoms with van der Waals surface area (Å²) < 4.78 is 20.0. The highest BCUT2D eigenvalue weighted by atomic mass is 19.1. The van der Waals surface area contributed by atoms with Gasteiger partial charge in [0.1, 0.15) is 24.6 Å². The first-order chi connectivity index (χ1) is 10.7. The third-order valence-corrected chi connectivity index (χ3v) is 3.55. The molecule has 1 N–H and O–H groups in total. The molecular weight excluding hydrogens is 281 g/mol. The van der Waals surface area contributed by atoms with E-state index in [1.165, 1.54) is 6.07 Å². The zero-order chi connectivity index (χ0) is 15.5. The van der Waals surface area contributed by atoms with Gasteiger partial charge in [-0.15, -0.1) is 6.42 Å². The fraction of sp³-hybridized carbons (Fsp3) is 0.167. The van der Waals surface area contributed by atoms with E-state index in [2.05, 4.69) is 10.9 Å². The van der Waals surface area contributed by atoms with Gasteiger partial charge in [0.15, 0.2) is 0 Å². The summed E-state index contributed by atoms with van der Waals surface area (Å²) in [5.74, 6) is 1.75. The van der Waals surface area contributed by atoms with Crippen molar-refractivity contribution in [1.82, 2.24) is 0 Å². The Labute approximate surface area is 128 Å². The molecule has 0 radical (unpaired) electrons. The number of hydrogen-bond donors (Lipinski definition) is 1. The molecule has 2 atom stereocenters. The quantitative estimate of drug-likeness (QED) is 0.884. The third-order valence-electron chi connectivity index (χ3n) is 3.55. The molecule has 2 unspecified atom stereocenters. The average Bonchev–Trinajstić information content (AvgIpc) is 3.05. The molecule has 0 aromatic heterocycles. The summed E-state index contributed by atoms with van der Waals surface area (Å²) in [4.78, 5) is 4.44. The molecule has 3 rings (SSSR count). The van der Waals surface area contributed by atoms with Gasteiger partial charge in [0.05, 0.1) is 5.56 Å². The van der Waals surface area contributed by atoms with Crippen LogP contribution >= 0.6 is 0 Å². The maximum absolute atomic E-state index is 14.5. The first-order valence-corrected chi connectivity index (χ1v) is 6.89. The monoisotopic (exact) mass is 295 g/mol. The molecule has 110 valence electrons. The Morgan fingerprint density at radius 3 is 2.73 bits per heavy atom. The van der Waals surface area contributed by atoms with Crippen molar-refractivity contribution in [3.63, 3.8) is 0 Å². The molecule has 4 heteroatoms. The van der Waals surface area contributed by atoms with Crippen LogP contribution in [0.3, 0.4) is 0 Å². The number of aliphatic imine (C=N–C) groups is 1. The van der Waals surface area contributed by atoms with E-state index in [1.807, 2.05) is 30.3 Å². The van der Waals surface area contributed by atoms with E-state index < -0.39 is 11.9 Å². The highest BCUT2D eigenvalue weighted by molar-refractivity contribution is 5.95. The van der Waals surface area contributed by atoms with Crippen LogP contribution in [-0.2, 0) is 4.74 Å². The summed E-state index contributed by atoms with van der Waals surface area (Å²) in [7, 11) is 0. The van der Waals surface area contributed by atoms with Crippen molar-refractivity contribution < 1.29 is 14.2 Å². The predicted molar refractivity (Wildman–Crippen MR) is 81.9 cm³/mol. The number of aliphatic hydroxyl groups excluding tert-OH is 1.